The first-order valence-corrected chi connectivity index (χ1v) is 8.47. The molecule has 1 saturated heterocycles. The Kier molecular flexibility index (Phi) is 4.22. The average molecular weight is 300 g/mol. The Morgan fingerprint density at radius 2 is 2.20 bits per heavy atom. The summed E-state index contributed by atoms with van der Waals surface area (Å²) in [4.78, 5) is 0. The van der Waals surface area contributed by atoms with Crippen molar-refractivity contribution in [1.29, 1.82) is 0 Å². The van der Waals surface area contributed by atoms with Crippen LogP contribution in [0.25, 0.3) is 0 Å². The molecule has 114 valence electrons. The molecule has 0 bridgehead atoms. The zero-order valence-electron chi connectivity index (χ0n) is 12.6. The number of aromatic amines is 1. The van der Waals surface area contributed by atoms with E-state index in [1.165, 1.54) is 0 Å². The highest BCUT2D eigenvalue weighted by Crippen LogP contribution is 2.34. The molecule has 1 aliphatic heterocycles. The molecule has 0 spiro atoms. The maximum atomic E-state index is 12.8. The van der Waals surface area contributed by atoms with E-state index in [0.717, 1.165) is 12.8 Å². The number of hydrogen-bond donors (Lipinski definition) is 2. The van der Waals surface area contributed by atoms with E-state index in [9.17, 15) is 8.42 Å². The molecule has 0 unspecified atom stereocenters. The van der Waals surface area contributed by atoms with Gasteiger partial charge in [-0.25, -0.2) is 8.42 Å². The molecule has 1 aromatic heterocycles. The maximum absolute atomic E-state index is 12.8. The van der Waals surface area contributed by atoms with E-state index >= 15 is 0 Å². The monoisotopic (exact) mass is 300 g/mol. The SMILES string of the molecule is CC(C)NCc1cn[nH]c1S(=O)(=O)N1CCCC1(C)C. The molecular weight excluding hydrogens is 276 g/mol. The Morgan fingerprint density at radius 3 is 2.75 bits per heavy atom. The fourth-order valence-electron chi connectivity index (χ4n) is 2.60. The summed E-state index contributed by atoms with van der Waals surface area (Å²) in [6, 6.07) is 0.295. The van der Waals surface area contributed by atoms with Crippen LogP contribution in [-0.2, 0) is 16.6 Å². The van der Waals surface area contributed by atoms with Crippen molar-refractivity contribution in [2.45, 2.75) is 63.7 Å². The molecule has 2 N–H and O–H groups in total. The minimum Gasteiger partial charge on any atom is -0.310 e. The lowest BCUT2D eigenvalue weighted by atomic mass is 10.0. The van der Waals surface area contributed by atoms with Crippen molar-refractivity contribution in [2.75, 3.05) is 6.54 Å². The quantitative estimate of drug-likeness (QED) is 0.863. The molecule has 0 radical (unpaired) electrons. The van der Waals surface area contributed by atoms with Gasteiger partial charge in [0.05, 0.1) is 6.20 Å². The molecule has 20 heavy (non-hydrogen) atoms. The first-order valence-electron chi connectivity index (χ1n) is 7.03. The van der Waals surface area contributed by atoms with Crippen molar-refractivity contribution in [3.63, 3.8) is 0 Å². The molecule has 6 nitrogen and oxygen atoms in total. The van der Waals surface area contributed by atoms with Gasteiger partial charge < -0.3 is 5.32 Å². The largest absolute Gasteiger partial charge is 0.310 e. The summed E-state index contributed by atoms with van der Waals surface area (Å²) in [5.74, 6) is 0. The Labute approximate surface area is 121 Å². The van der Waals surface area contributed by atoms with Crippen LogP contribution in [0.5, 0.6) is 0 Å². The van der Waals surface area contributed by atoms with Crippen molar-refractivity contribution in [2.24, 2.45) is 0 Å². The fraction of sp³-hybridized carbons (Fsp3) is 0.769. The Bertz CT molecular complexity index is 563. The normalized spacial score (nSPS) is 19.9. The van der Waals surface area contributed by atoms with Gasteiger partial charge in [0.1, 0.15) is 0 Å². The van der Waals surface area contributed by atoms with Crippen molar-refractivity contribution in [3.8, 4) is 0 Å². The molecule has 2 heterocycles. The van der Waals surface area contributed by atoms with Crippen LogP contribution in [0.3, 0.4) is 0 Å². The molecule has 0 amide bonds. The van der Waals surface area contributed by atoms with E-state index in [0.29, 0.717) is 24.7 Å². The van der Waals surface area contributed by atoms with E-state index in [2.05, 4.69) is 15.5 Å². The fourth-order valence-corrected chi connectivity index (χ4v) is 4.56. The molecule has 0 aliphatic carbocycles. The molecule has 1 fully saturated rings. The summed E-state index contributed by atoms with van der Waals surface area (Å²) in [7, 11) is -3.51. The minimum atomic E-state index is -3.51. The van der Waals surface area contributed by atoms with Crippen molar-refractivity contribution in [3.05, 3.63) is 11.8 Å². The lowest BCUT2D eigenvalue weighted by Gasteiger charge is -2.30. The molecule has 0 aromatic carbocycles. The van der Waals surface area contributed by atoms with E-state index in [4.69, 9.17) is 0 Å². The molecule has 0 atom stereocenters. The van der Waals surface area contributed by atoms with E-state index in [1.807, 2.05) is 27.7 Å². The topological polar surface area (TPSA) is 78.1 Å². The van der Waals surface area contributed by atoms with Crippen LogP contribution in [0.15, 0.2) is 11.2 Å². The van der Waals surface area contributed by atoms with E-state index in [1.54, 1.807) is 10.5 Å². The molecule has 7 heteroatoms. The van der Waals surface area contributed by atoms with Crippen LogP contribution >= 0.6 is 0 Å². The predicted octanol–water partition coefficient (Wildman–Crippen LogP) is 1.47. The Balaban J connectivity index is 2.29. The van der Waals surface area contributed by atoms with Crippen LogP contribution in [0, 0.1) is 0 Å². The minimum absolute atomic E-state index is 0.223. The van der Waals surface area contributed by atoms with Crippen molar-refractivity contribution < 1.29 is 8.42 Å². The lowest BCUT2D eigenvalue weighted by molar-refractivity contribution is 0.290. The van der Waals surface area contributed by atoms with Crippen LogP contribution < -0.4 is 5.32 Å². The molecule has 0 saturated carbocycles. The molecular formula is C13H24N4O2S. The van der Waals surface area contributed by atoms with Crippen molar-refractivity contribution in [1.82, 2.24) is 19.8 Å². The van der Waals surface area contributed by atoms with Crippen LogP contribution in [0.2, 0.25) is 0 Å². The summed E-state index contributed by atoms with van der Waals surface area (Å²) in [6.07, 6.45) is 3.38. The number of hydrogen-bond acceptors (Lipinski definition) is 4. The molecule has 1 aromatic rings. The first kappa shape index (κ1) is 15.5. The van der Waals surface area contributed by atoms with Gasteiger partial charge in [-0.15, -0.1) is 0 Å². The Morgan fingerprint density at radius 1 is 1.50 bits per heavy atom. The van der Waals surface area contributed by atoms with Gasteiger partial charge in [-0.2, -0.15) is 9.40 Å². The number of sulfonamides is 1. The summed E-state index contributed by atoms with van der Waals surface area (Å²) in [5.41, 5.74) is 0.369. The summed E-state index contributed by atoms with van der Waals surface area (Å²) in [6.45, 7) is 9.07. The van der Waals surface area contributed by atoms with E-state index in [-0.39, 0.29) is 10.6 Å². The average Bonchev–Trinajstić information content (AvgIpc) is 2.92. The summed E-state index contributed by atoms with van der Waals surface area (Å²) < 4.78 is 27.2. The number of rotatable bonds is 5. The highest BCUT2D eigenvalue weighted by molar-refractivity contribution is 7.89. The van der Waals surface area contributed by atoms with Crippen LogP contribution in [-0.4, -0.2) is 41.0 Å². The highest BCUT2D eigenvalue weighted by atomic mass is 32.2. The van der Waals surface area contributed by atoms with Gasteiger partial charge in [0.25, 0.3) is 10.0 Å². The summed E-state index contributed by atoms with van der Waals surface area (Å²) >= 11 is 0. The Hall–Kier alpha value is -0.920. The third-order valence-electron chi connectivity index (χ3n) is 3.75. The van der Waals surface area contributed by atoms with Gasteiger partial charge in [0.15, 0.2) is 5.03 Å². The van der Waals surface area contributed by atoms with Gasteiger partial charge in [-0.3, -0.25) is 5.10 Å². The second kappa shape index (κ2) is 5.46. The number of nitrogens with zero attached hydrogens (tertiary/aromatic N) is 2. The molecule has 2 rings (SSSR count). The van der Waals surface area contributed by atoms with E-state index < -0.39 is 10.0 Å². The zero-order chi connectivity index (χ0) is 15.0. The van der Waals surface area contributed by atoms with Gasteiger partial charge in [-0.1, -0.05) is 13.8 Å². The second-order valence-corrected chi connectivity index (χ2v) is 8.05. The third kappa shape index (κ3) is 2.89. The van der Waals surface area contributed by atoms with Gasteiger partial charge >= 0.3 is 0 Å². The number of nitrogens with one attached hydrogen (secondary N) is 2. The van der Waals surface area contributed by atoms with Gasteiger partial charge in [0.2, 0.25) is 0 Å². The maximum Gasteiger partial charge on any atom is 0.260 e. The lowest BCUT2D eigenvalue weighted by Crippen LogP contribution is -2.43. The number of aromatic nitrogens is 2. The van der Waals surface area contributed by atoms with Gasteiger partial charge in [-0.05, 0) is 26.7 Å². The highest BCUT2D eigenvalue weighted by Gasteiger charge is 2.42. The van der Waals surface area contributed by atoms with Crippen molar-refractivity contribution >= 4 is 10.0 Å². The van der Waals surface area contributed by atoms with Crippen LogP contribution in [0.4, 0.5) is 0 Å². The first-order chi connectivity index (χ1) is 9.25. The third-order valence-corrected chi connectivity index (χ3v) is 5.88. The second-order valence-electron chi connectivity index (χ2n) is 6.25. The zero-order valence-corrected chi connectivity index (χ0v) is 13.4. The molecule has 1 aliphatic rings. The number of H-pyrrole nitrogens is 1. The summed E-state index contributed by atoms with van der Waals surface area (Å²) in [5, 5.41) is 10.0. The smallest absolute Gasteiger partial charge is 0.260 e. The predicted molar refractivity (Wildman–Crippen MR) is 77.8 cm³/mol. The standard InChI is InChI=1S/C13H24N4O2S/c1-10(2)14-8-11-9-15-16-12(11)20(18,19)17-7-5-6-13(17,3)4/h9-10,14H,5-8H2,1-4H3,(H,15,16). The van der Waals surface area contributed by atoms with Crippen LogP contribution in [0.1, 0.15) is 46.1 Å². The van der Waals surface area contributed by atoms with Gasteiger partial charge in [0, 0.05) is 30.2 Å².